The summed E-state index contributed by atoms with van der Waals surface area (Å²) in [7, 11) is 0. The number of allylic oxidation sites excluding steroid dienone is 4. The van der Waals surface area contributed by atoms with Crippen molar-refractivity contribution in [1.82, 2.24) is 15.6 Å². The van der Waals surface area contributed by atoms with Crippen molar-refractivity contribution in [3.05, 3.63) is 165 Å². The molecule has 0 unspecified atom stereocenters. The van der Waals surface area contributed by atoms with Gasteiger partial charge in [-0.15, -0.1) is 11.3 Å². The highest BCUT2D eigenvalue weighted by Gasteiger charge is 2.76. The van der Waals surface area contributed by atoms with Crippen LogP contribution < -0.4 is 26.2 Å². The number of carboxylic acids is 1. The van der Waals surface area contributed by atoms with E-state index in [0.717, 1.165) is 28.7 Å². The molecule has 5 aromatic rings. The summed E-state index contributed by atoms with van der Waals surface area (Å²) in [5.41, 5.74) is 3.31. The van der Waals surface area contributed by atoms with Crippen molar-refractivity contribution in [1.29, 1.82) is 0 Å². The summed E-state index contributed by atoms with van der Waals surface area (Å²) in [6.07, 6.45) is 5.32. The van der Waals surface area contributed by atoms with Gasteiger partial charge >= 0.3 is 12.1 Å². The van der Waals surface area contributed by atoms with Gasteiger partial charge in [0, 0.05) is 71.1 Å². The largest absolute Gasteiger partial charge is 0.481 e. The molecule has 4 fully saturated rings. The molecule has 21 heteroatoms. The standard InChI is InChI=1S/C66H66N6O14S/c1-64-27-26-46(74)30-43(64)18-21-47-48-31-54-66(53(76)36-73,65(48,2)32-51(75)60(47)64)86-62(85-54)52-33-68-57(87-52)29-39-8-7-12-45(28-39)70-63(83)84-37-38-14-19-44(20-15-38)69-61(82)49(22-25-59(80)81)71-56(78)34-67-55(77)23-24-58(79)72-35-42-11-4-3-9-40(42)16-17-41-10-5-6-13-50(41)72/h3-15,19-20,26-28,30,33,47-49,51,54,60,62,73,75H,18,21-25,29,31-32,34-37H2,1-2H3,(H,67,77)(H,69,82)(H,70,83)(H,71,78)(H,80,81)/t47-,48-,49-,51-,54+,60+,62+,64-,65-,66+/m0/s1. The molecule has 0 radical (unpaired) electrons. The Morgan fingerprint density at radius 1 is 0.885 bits per heavy atom. The van der Waals surface area contributed by atoms with Gasteiger partial charge in [0.1, 0.15) is 19.3 Å². The van der Waals surface area contributed by atoms with Gasteiger partial charge in [-0.05, 0) is 115 Å². The van der Waals surface area contributed by atoms with Crippen LogP contribution in [0.4, 0.5) is 21.9 Å². The van der Waals surface area contributed by atoms with Crippen molar-refractivity contribution in [2.24, 2.45) is 28.6 Å². The highest BCUT2D eigenvalue weighted by atomic mass is 32.1. The van der Waals surface area contributed by atoms with E-state index in [1.807, 2.05) is 55.5 Å². The number of carboxylic acid groups (broad SMARTS) is 1. The van der Waals surface area contributed by atoms with E-state index in [2.05, 4.69) is 45.0 Å². The van der Waals surface area contributed by atoms with Gasteiger partial charge in [0.2, 0.25) is 23.6 Å². The lowest BCUT2D eigenvalue weighted by molar-refractivity contribution is -0.200. The van der Waals surface area contributed by atoms with Crippen molar-refractivity contribution in [2.45, 2.75) is 115 Å². The maximum absolute atomic E-state index is 14.1. The van der Waals surface area contributed by atoms with Crippen LogP contribution in [-0.2, 0) is 67.3 Å². The minimum Gasteiger partial charge on any atom is -0.481 e. The van der Waals surface area contributed by atoms with Crippen molar-refractivity contribution >= 4 is 75.7 Å². The topological polar surface area (TPSA) is 289 Å². The Morgan fingerprint density at radius 2 is 1.66 bits per heavy atom. The van der Waals surface area contributed by atoms with Gasteiger partial charge in [-0.25, -0.2) is 9.78 Å². The van der Waals surface area contributed by atoms with Crippen LogP contribution in [0.5, 0.6) is 0 Å². The summed E-state index contributed by atoms with van der Waals surface area (Å²) in [6.45, 7) is 2.93. The number of Topliss-reactive ketones (excluding diaryl/α,β-unsaturated/α-hetero) is 1. The zero-order valence-electron chi connectivity index (χ0n) is 47.9. The Bertz CT molecular complexity index is 3700. The number of hydrogen-bond acceptors (Lipinski definition) is 15. The predicted octanol–water partition coefficient (Wildman–Crippen LogP) is 7.22. The molecular weight excluding hydrogens is 1130 g/mol. The number of anilines is 3. The number of thiazole rings is 1. The van der Waals surface area contributed by atoms with Crippen LogP contribution >= 0.6 is 11.3 Å². The Morgan fingerprint density at radius 3 is 2.45 bits per heavy atom. The number of aliphatic carboxylic acids is 1. The number of nitrogens with one attached hydrogen (secondary N) is 4. The first-order valence-electron chi connectivity index (χ1n) is 29.1. The van der Waals surface area contributed by atoms with E-state index >= 15 is 0 Å². The van der Waals surface area contributed by atoms with Crippen LogP contribution in [0.15, 0.2) is 127 Å². The molecule has 7 N–H and O–H groups in total. The minimum atomic E-state index is -1.50. The number of rotatable bonds is 19. The van der Waals surface area contributed by atoms with Crippen LogP contribution in [0.25, 0.3) is 0 Å². The molecule has 10 atom stereocenters. The minimum absolute atomic E-state index is 0.0290. The fourth-order valence-corrected chi connectivity index (χ4v) is 15.0. The lowest BCUT2D eigenvalue weighted by Crippen LogP contribution is -2.63. The van der Waals surface area contributed by atoms with Crippen LogP contribution in [0.1, 0.15) is 109 Å². The van der Waals surface area contributed by atoms with E-state index < -0.39 is 96.1 Å². The normalized spacial score (nSPS) is 25.8. The monoisotopic (exact) mass is 1200 g/mol. The second-order valence-electron chi connectivity index (χ2n) is 23.5. The Balaban J connectivity index is 0.636. The van der Waals surface area contributed by atoms with Gasteiger partial charge in [-0.2, -0.15) is 0 Å². The van der Waals surface area contributed by atoms with Crippen LogP contribution in [0, 0.1) is 40.4 Å². The third-order valence-electron chi connectivity index (χ3n) is 18.2. The third-order valence-corrected chi connectivity index (χ3v) is 19.2. The summed E-state index contributed by atoms with van der Waals surface area (Å²) in [6, 6.07) is 27.0. The molecule has 3 heterocycles. The van der Waals surface area contributed by atoms with Crippen molar-refractivity contribution in [3.63, 3.8) is 0 Å². The van der Waals surface area contributed by atoms with Crippen molar-refractivity contribution in [2.75, 3.05) is 28.7 Å². The molecule has 4 aromatic carbocycles. The van der Waals surface area contributed by atoms with Gasteiger partial charge in [-0.3, -0.25) is 38.9 Å². The Kier molecular flexibility index (Phi) is 17.2. The van der Waals surface area contributed by atoms with E-state index in [0.29, 0.717) is 57.3 Å². The van der Waals surface area contributed by atoms with Gasteiger partial charge in [0.25, 0.3) is 0 Å². The quantitative estimate of drug-likeness (QED) is 0.0402. The third kappa shape index (κ3) is 12.2. The van der Waals surface area contributed by atoms with E-state index in [-0.39, 0.29) is 68.3 Å². The number of amides is 5. The lowest BCUT2D eigenvalue weighted by atomic mass is 9.46. The first-order chi connectivity index (χ1) is 41.8. The number of carbonyl (C=O) groups is 8. The number of ether oxygens (including phenoxy) is 3. The van der Waals surface area contributed by atoms with Gasteiger partial charge < -0.3 is 50.4 Å². The molecule has 1 aromatic heterocycles. The fourth-order valence-electron chi connectivity index (χ4n) is 14.1. The maximum Gasteiger partial charge on any atom is 0.411 e. The average molecular weight is 1200 g/mol. The number of aliphatic hydroxyl groups excluding tert-OH is 2. The molecule has 0 spiro atoms. The van der Waals surface area contributed by atoms with Crippen molar-refractivity contribution in [3.8, 4) is 11.8 Å². The molecule has 20 nitrogen and oxygen atoms in total. The molecule has 87 heavy (non-hydrogen) atoms. The van der Waals surface area contributed by atoms with E-state index in [9.17, 15) is 53.7 Å². The molecule has 11 rings (SSSR count). The van der Waals surface area contributed by atoms with Gasteiger partial charge in [-0.1, -0.05) is 91.9 Å². The molecule has 0 bridgehead atoms. The van der Waals surface area contributed by atoms with Crippen molar-refractivity contribution < 1.29 is 67.9 Å². The van der Waals surface area contributed by atoms with Crippen LogP contribution in [-0.4, -0.2) is 105 Å². The first kappa shape index (κ1) is 60.1. The predicted molar refractivity (Wildman–Crippen MR) is 318 cm³/mol. The highest BCUT2D eigenvalue weighted by Crippen LogP contribution is 2.70. The molecule has 4 aliphatic carbocycles. The average Bonchev–Trinajstić information content (AvgIpc) is 1.55. The fraction of sp³-hybridized carbons (Fsp3) is 0.379. The molecular formula is C66H66N6O14S. The molecule has 2 aliphatic heterocycles. The molecule has 1 saturated heterocycles. The summed E-state index contributed by atoms with van der Waals surface area (Å²) in [5, 5.41) is 42.9. The maximum atomic E-state index is 14.1. The second kappa shape index (κ2) is 25.0. The summed E-state index contributed by atoms with van der Waals surface area (Å²) in [4.78, 5) is 111. The summed E-state index contributed by atoms with van der Waals surface area (Å²) >= 11 is 1.36. The molecule has 3 saturated carbocycles. The Hall–Kier alpha value is -8.65. The smallest absolute Gasteiger partial charge is 0.411 e. The molecule has 450 valence electrons. The number of benzene rings is 4. The number of ketones is 2. The van der Waals surface area contributed by atoms with Gasteiger partial charge in [0.05, 0.1) is 40.9 Å². The number of hydrogen-bond donors (Lipinski definition) is 7. The van der Waals surface area contributed by atoms with E-state index in [1.165, 1.54) is 11.3 Å². The van der Waals surface area contributed by atoms with Gasteiger partial charge in [0.15, 0.2) is 23.5 Å². The Labute approximate surface area is 505 Å². The number of carbonyl (C=O) groups excluding carboxylic acids is 7. The highest BCUT2D eigenvalue weighted by molar-refractivity contribution is 7.11. The number of aromatic nitrogens is 1. The van der Waals surface area contributed by atoms with E-state index in [1.54, 1.807) is 77.8 Å². The van der Waals surface area contributed by atoms with Crippen LogP contribution in [0.2, 0.25) is 0 Å². The zero-order chi connectivity index (χ0) is 61.2. The number of aliphatic hydroxyl groups is 2. The van der Waals surface area contributed by atoms with Crippen LogP contribution in [0.3, 0.4) is 0 Å². The van der Waals surface area contributed by atoms with E-state index in [4.69, 9.17) is 14.2 Å². The molecule has 6 aliphatic rings. The first-order valence-corrected chi connectivity index (χ1v) is 29.9. The number of fused-ring (bicyclic) bond motifs is 9. The second-order valence-corrected chi connectivity index (χ2v) is 24.6. The summed E-state index contributed by atoms with van der Waals surface area (Å²) < 4.78 is 18.9. The lowest BCUT2D eigenvalue weighted by Gasteiger charge is -2.59. The molecule has 5 amide bonds. The number of nitrogens with zero attached hydrogens (tertiary/aromatic N) is 2. The summed E-state index contributed by atoms with van der Waals surface area (Å²) in [5.74, 6) is 2.07. The number of para-hydroxylation sites is 1. The SMILES string of the molecule is C[C@]12C=CC(=O)C=C1CC[C@@H]1[C@@H]2[C@@H](O)C[C@@]2(C)[C@H]1C[C@H]1O[C@@H](c3cnc(Cc4cccc(NC(=O)OCc5ccc(NC(=O)[C@H](CCC(=O)O)NC(=O)CNC(=O)CCC(=O)N6Cc7ccccc7C#Cc7ccccc76)cc5)c4)s3)O[C@]12C(=O)CO. The zero-order valence-corrected chi connectivity index (χ0v) is 48.7.